The van der Waals surface area contributed by atoms with Gasteiger partial charge in [0, 0.05) is 18.9 Å². The summed E-state index contributed by atoms with van der Waals surface area (Å²) in [6.45, 7) is 1.90. The second-order valence-electron chi connectivity index (χ2n) is 4.13. The van der Waals surface area contributed by atoms with E-state index >= 15 is 0 Å². The van der Waals surface area contributed by atoms with E-state index in [2.05, 4.69) is 0 Å². The molecule has 0 amide bonds. The zero-order chi connectivity index (χ0) is 14.4. The Hall–Kier alpha value is -2.04. The highest BCUT2D eigenvalue weighted by Gasteiger charge is 2.20. The number of rotatable bonds is 7. The summed E-state index contributed by atoms with van der Waals surface area (Å²) < 4.78 is 10.1. The molecule has 0 saturated heterocycles. The van der Waals surface area contributed by atoms with Gasteiger partial charge in [-0.2, -0.15) is 0 Å². The number of carboxylic acid groups (broad SMARTS) is 1. The van der Waals surface area contributed by atoms with Crippen LogP contribution in [-0.2, 0) is 11.2 Å². The number of aromatic carboxylic acids is 1. The summed E-state index contributed by atoms with van der Waals surface area (Å²) in [6, 6.07) is 3.07. The highest BCUT2D eigenvalue weighted by atomic mass is 16.5. The lowest BCUT2D eigenvalue weighted by Crippen LogP contribution is -2.10. The summed E-state index contributed by atoms with van der Waals surface area (Å²) in [5, 5.41) is 9.25. The number of benzene rings is 1. The maximum atomic E-state index is 11.7. The summed E-state index contributed by atoms with van der Waals surface area (Å²) in [4.78, 5) is 23.0. The number of carboxylic acids is 1. The van der Waals surface area contributed by atoms with Gasteiger partial charge in [0.2, 0.25) is 0 Å². The third-order valence-corrected chi connectivity index (χ3v) is 2.74. The van der Waals surface area contributed by atoms with Crippen LogP contribution in [0.2, 0.25) is 0 Å². The van der Waals surface area contributed by atoms with Crippen LogP contribution in [0.15, 0.2) is 12.1 Å². The van der Waals surface area contributed by atoms with E-state index in [4.69, 9.17) is 9.47 Å². The standard InChI is InChI=1S/C14H18O5/c1-4-5-10(15)6-9-7-11(18-2)8-12(19-3)13(9)14(16)17/h7-8H,4-6H2,1-3H3,(H,16,17). The second kappa shape index (κ2) is 6.78. The van der Waals surface area contributed by atoms with Crippen molar-refractivity contribution in [1.82, 2.24) is 0 Å². The molecule has 1 aromatic carbocycles. The summed E-state index contributed by atoms with van der Waals surface area (Å²) in [6.07, 6.45) is 1.24. The Balaban J connectivity index is 3.25. The average Bonchev–Trinajstić information content (AvgIpc) is 2.37. The van der Waals surface area contributed by atoms with Gasteiger partial charge in [0.05, 0.1) is 14.2 Å². The first-order chi connectivity index (χ1) is 9.03. The average molecular weight is 266 g/mol. The molecule has 0 bridgehead atoms. The molecule has 0 aromatic heterocycles. The van der Waals surface area contributed by atoms with Gasteiger partial charge in [-0.1, -0.05) is 6.92 Å². The number of hydrogen-bond acceptors (Lipinski definition) is 4. The van der Waals surface area contributed by atoms with Crippen LogP contribution in [0.25, 0.3) is 0 Å². The molecule has 0 radical (unpaired) electrons. The van der Waals surface area contributed by atoms with Gasteiger partial charge in [0.15, 0.2) is 0 Å². The van der Waals surface area contributed by atoms with Crippen molar-refractivity contribution in [2.75, 3.05) is 14.2 Å². The third kappa shape index (κ3) is 3.71. The molecule has 1 rings (SSSR count). The molecule has 0 aliphatic rings. The first-order valence-electron chi connectivity index (χ1n) is 6.03. The first kappa shape index (κ1) is 15.0. The number of hydrogen-bond donors (Lipinski definition) is 1. The summed E-state index contributed by atoms with van der Waals surface area (Å²) >= 11 is 0. The van der Waals surface area contributed by atoms with Crippen LogP contribution in [0.1, 0.15) is 35.7 Å². The normalized spacial score (nSPS) is 10.1. The van der Waals surface area contributed by atoms with Gasteiger partial charge in [-0.15, -0.1) is 0 Å². The van der Waals surface area contributed by atoms with Crippen molar-refractivity contribution >= 4 is 11.8 Å². The molecule has 1 N–H and O–H groups in total. The number of carbonyl (C=O) groups is 2. The molecule has 0 aliphatic carbocycles. The number of Topliss-reactive ketones (excluding diaryl/α,β-unsaturated/α-hetero) is 1. The van der Waals surface area contributed by atoms with Gasteiger partial charge in [-0.3, -0.25) is 4.79 Å². The summed E-state index contributed by atoms with van der Waals surface area (Å²) in [5.74, 6) is -0.439. The van der Waals surface area contributed by atoms with Crippen LogP contribution >= 0.6 is 0 Å². The SMILES string of the molecule is CCCC(=O)Cc1cc(OC)cc(OC)c1C(=O)O. The largest absolute Gasteiger partial charge is 0.497 e. The quantitative estimate of drug-likeness (QED) is 0.819. The molecule has 0 fully saturated rings. The van der Waals surface area contributed by atoms with Crippen molar-refractivity contribution in [2.24, 2.45) is 0 Å². The lowest BCUT2D eigenvalue weighted by atomic mass is 9.99. The molecule has 0 saturated carbocycles. The van der Waals surface area contributed by atoms with Crippen LogP contribution in [0.4, 0.5) is 0 Å². The topological polar surface area (TPSA) is 72.8 Å². The molecule has 5 nitrogen and oxygen atoms in total. The van der Waals surface area contributed by atoms with E-state index in [-0.39, 0.29) is 23.5 Å². The zero-order valence-corrected chi connectivity index (χ0v) is 11.4. The number of methoxy groups -OCH3 is 2. The van der Waals surface area contributed by atoms with E-state index in [1.165, 1.54) is 20.3 Å². The molecule has 104 valence electrons. The molecule has 0 heterocycles. The Morgan fingerprint density at radius 3 is 2.37 bits per heavy atom. The van der Waals surface area contributed by atoms with Gasteiger partial charge < -0.3 is 14.6 Å². The minimum atomic E-state index is -1.11. The van der Waals surface area contributed by atoms with E-state index in [0.29, 0.717) is 17.7 Å². The second-order valence-corrected chi connectivity index (χ2v) is 4.13. The lowest BCUT2D eigenvalue weighted by molar-refractivity contribution is -0.118. The Morgan fingerprint density at radius 1 is 1.21 bits per heavy atom. The van der Waals surface area contributed by atoms with Gasteiger partial charge in [-0.25, -0.2) is 4.79 Å². The smallest absolute Gasteiger partial charge is 0.339 e. The van der Waals surface area contributed by atoms with E-state index < -0.39 is 5.97 Å². The van der Waals surface area contributed by atoms with E-state index in [1.54, 1.807) is 6.07 Å². The fraction of sp³-hybridized carbons (Fsp3) is 0.429. The highest BCUT2D eigenvalue weighted by molar-refractivity contribution is 5.95. The van der Waals surface area contributed by atoms with E-state index in [0.717, 1.165) is 6.42 Å². The van der Waals surface area contributed by atoms with Crippen LogP contribution in [0, 0.1) is 0 Å². The Bertz CT molecular complexity index is 479. The Morgan fingerprint density at radius 2 is 1.89 bits per heavy atom. The number of ketones is 1. The van der Waals surface area contributed by atoms with E-state index in [9.17, 15) is 14.7 Å². The highest BCUT2D eigenvalue weighted by Crippen LogP contribution is 2.29. The van der Waals surface area contributed by atoms with Crippen molar-refractivity contribution in [3.8, 4) is 11.5 Å². The minimum absolute atomic E-state index is 0.000283. The summed E-state index contributed by atoms with van der Waals surface area (Å²) in [7, 11) is 2.87. The fourth-order valence-corrected chi connectivity index (χ4v) is 1.89. The lowest BCUT2D eigenvalue weighted by Gasteiger charge is -2.12. The van der Waals surface area contributed by atoms with Crippen LogP contribution in [0.3, 0.4) is 0 Å². The molecule has 0 spiro atoms. The zero-order valence-electron chi connectivity index (χ0n) is 11.4. The van der Waals surface area contributed by atoms with Crippen molar-refractivity contribution in [3.05, 3.63) is 23.3 Å². The predicted octanol–water partition coefficient (Wildman–Crippen LogP) is 2.31. The minimum Gasteiger partial charge on any atom is -0.497 e. The molecule has 0 atom stereocenters. The maximum absolute atomic E-state index is 11.7. The molecule has 5 heteroatoms. The van der Waals surface area contributed by atoms with Crippen molar-refractivity contribution in [3.63, 3.8) is 0 Å². The van der Waals surface area contributed by atoms with Gasteiger partial charge >= 0.3 is 5.97 Å². The van der Waals surface area contributed by atoms with Crippen LogP contribution in [0.5, 0.6) is 11.5 Å². The molecule has 1 aromatic rings. The van der Waals surface area contributed by atoms with Crippen LogP contribution < -0.4 is 9.47 Å². The van der Waals surface area contributed by atoms with Crippen LogP contribution in [-0.4, -0.2) is 31.1 Å². The molecule has 19 heavy (non-hydrogen) atoms. The third-order valence-electron chi connectivity index (χ3n) is 2.74. The van der Waals surface area contributed by atoms with Gasteiger partial charge in [0.1, 0.15) is 22.8 Å². The number of ether oxygens (including phenoxy) is 2. The molecule has 0 aliphatic heterocycles. The maximum Gasteiger partial charge on any atom is 0.339 e. The molecular weight excluding hydrogens is 248 g/mol. The Labute approximate surface area is 112 Å². The number of carbonyl (C=O) groups excluding carboxylic acids is 1. The van der Waals surface area contributed by atoms with Gasteiger partial charge in [0.25, 0.3) is 0 Å². The fourth-order valence-electron chi connectivity index (χ4n) is 1.89. The molecular formula is C14H18O5. The van der Waals surface area contributed by atoms with Crippen molar-refractivity contribution in [2.45, 2.75) is 26.2 Å². The first-order valence-corrected chi connectivity index (χ1v) is 6.03. The predicted molar refractivity (Wildman–Crippen MR) is 70.1 cm³/mol. The Kier molecular flexibility index (Phi) is 5.36. The van der Waals surface area contributed by atoms with Gasteiger partial charge in [-0.05, 0) is 18.1 Å². The van der Waals surface area contributed by atoms with E-state index in [1.807, 2.05) is 6.92 Å². The monoisotopic (exact) mass is 266 g/mol. The van der Waals surface area contributed by atoms with Crippen molar-refractivity contribution < 1.29 is 24.2 Å². The van der Waals surface area contributed by atoms with Crippen molar-refractivity contribution in [1.29, 1.82) is 0 Å². The molecule has 0 unspecified atom stereocenters. The summed E-state index contributed by atoms with van der Waals surface area (Å²) in [5.41, 5.74) is 0.440.